The van der Waals surface area contributed by atoms with E-state index in [9.17, 15) is 4.79 Å². The minimum atomic E-state index is -0.278. The number of carbonyl (C=O) groups is 1. The van der Waals surface area contributed by atoms with Crippen LogP contribution in [0.15, 0.2) is 30.3 Å². The van der Waals surface area contributed by atoms with E-state index in [1.165, 1.54) is 12.8 Å². The molecule has 0 saturated carbocycles. The molecule has 1 aliphatic heterocycles. The molecule has 4 heteroatoms. The number of rotatable bonds is 4. The minimum absolute atomic E-state index is 0.0855. The second kappa shape index (κ2) is 6.34. The molecule has 2 heterocycles. The Bertz CT molecular complexity index is 757. The lowest BCUT2D eigenvalue weighted by atomic mass is 9.71. The molecule has 1 aliphatic rings. The Kier molecular flexibility index (Phi) is 4.39. The summed E-state index contributed by atoms with van der Waals surface area (Å²) in [7, 11) is 1.44. The molecule has 0 saturated heterocycles. The van der Waals surface area contributed by atoms with Crippen LogP contribution in [0.25, 0.3) is 11.1 Å². The predicted molar refractivity (Wildman–Crippen MR) is 97.1 cm³/mol. The van der Waals surface area contributed by atoms with Gasteiger partial charge in [-0.25, -0.2) is 4.79 Å². The van der Waals surface area contributed by atoms with Crippen LogP contribution in [0.1, 0.15) is 55.7 Å². The predicted octanol–water partition coefficient (Wildman–Crippen LogP) is 4.38. The van der Waals surface area contributed by atoms with Crippen molar-refractivity contribution in [1.82, 2.24) is 4.57 Å². The Morgan fingerprint density at radius 1 is 1.25 bits per heavy atom. The lowest BCUT2D eigenvalue weighted by Gasteiger charge is -2.39. The van der Waals surface area contributed by atoms with Gasteiger partial charge in [0.1, 0.15) is 5.69 Å². The number of anilines is 1. The average molecular weight is 326 g/mol. The van der Waals surface area contributed by atoms with Crippen LogP contribution < -0.4 is 5.73 Å². The number of nitrogen functional groups attached to an aromatic ring is 1. The summed E-state index contributed by atoms with van der Waals surface area (Å²) in [6.07, 6.45) is 4.32. The van der Waals surface area contributed by atoms with E-state index in [-0.39, 0.29) is 11.4 Å². The zero-order valence-electron chi connectivity index (χ0n) is 14.8. The van der Waals surface area contributed by atoms with Crippen molar-refractivity contribution in [2.75, 3.05) is 12.8 Å². The number of nitrogens with zero attached hydrogens (tertiary/aromatic N) is 1. The maximum atomic E-state index is 12.3. The van der Waals surface area contributed by atoms with Gasteiger partial charge in [-0.3, -0.25) is 0 Å². The van der Waals surface area contributed by atoms with Gasteiger partial charge in [-0.15, -0.1) is 0 Å². The number of para-hydroxylation sites is 1. The first-order valence-electron chi connectivity index (χ1n) is 8.75. The van der Waals surface area contributed by atoms with E-state index in [1.807, 2.05) is 30.3 Å². The lowest BCUT2D eigenvalue weighted by Crippen LogP contribution is -2.34. The van der Waals surface area contributed by atoms with Crippen LogP contribution in [0.4, 0.5) is 5.69 Å². The third-order valence-electron chi connectivity index (χ3n) is 5.64. The molecule has 1 aromatic heterocycles. The summed E-state index contributed by atoms with van der Waals surface area (Å²) in [6, 6.07) is 9.86. The molecule has 2 aromatic rings. The lowest BCUT2D eigenvalue weighted by molar-refractivity contribution is 0.0585. The largest absolute Gasteiger partial charge is 0.464 e. The van der Waals surface area contributed by atoms with Gasteiger partial charge in [-0.05, 0) is 37.8 Å². The summed E-state index contributed by atoms with van der Waals surface area (Å²) in [5.74, 6) is -0.278. The topological polar surface area (TPSA) is 57.2 Å². The van der Waals surface area contributed by atoms with Crippen LogP contribution in [0, 0.1) is 0 Å². The highest BCUT2D eigenvalue weighted by Gasteiger charge is 2.39. The average Bonchev–Trinajstić information content (AvgIpc) is 3.01. The Balaban J connectivity index is 2.32. The molecule has 3 rings (SSSR count). The highest BCUT2D eigenvalue weighted by Crippen LogP contribution is 2.47. The van der Waals surface area contributed by atoms with Gasteiger partial charge in [0.15, 0.2) is 0 Å². The number of fused-ring (bicyclic) bond motifs is 1. The number of hydrogen-bond acceptors (Lipinski definition) is 3. The summed E-state index contributed by atoms with van der Waals surface area (Å²) in [5, 5.41) is 0. The zero-order chi connectivity index (χ0) is 17.3. The van der Waals surface area contributed by atoms with Crippen molar-refractivity contribution in [1.29, 1.82) is 0 Å². The minimum Gasteiger partial charge on any atom is -0.464 e. The summed E-state index contributed by atoms with van der Waals surface area (Å²) in [4.78, 5) is 12.3. The zero-order valence-corrected chi connectivity index (χ0v) is 14.8. The van der Waals surface area contributed by atoms with Crippen molar-refractivity contribution < 1.29 is 9.53 Å². The Labute approximate surface area is 143 Å². The van der Waals surface area contributed by atoms with Crippen molar-refractivity contribution in [3.63, 3.8) is 0 Å². The number of carbonyl (C=O) groups excluding carboxylic acids is 1. The second-order valence-corrected chi connectivity index (χ2v) is 6.61. The van der Waals surface area contributed by atoms with Crippen LogP contribution in [0.2, 0.25) is 0 Å². The van der Waals surface area contributed by atoms with Crippen LogP contribution in [0.5, 0.6) is 0 Å². The van der Waals surface area contributed by atoms with Crippen molar-refractivity contribution in [2.24, 2.45) is 0 Å². The molecule has 0 fully saturated rings. The number of benzene rings is 1. The van der Waals surface area contributed by atoms with Gasteiger partial charge in [-0.1, -0.05) is 32.0 Å². The Morgan fingerprint density at radius 3 is 2.58 bits per heavy atom. The molecule has 24 heavy (non-hydrogen) atoms. The van der Waals surface area contributed by atoms with E-state index >= 15 is 0 Å². The maximum absolute atomic E-state index is 12.3. The molecule has 1 aromatic carbocycles. The molecule has 0 aliphatic carbocycles. The van der Waals surface area contributed by atoms with Crippen LogP contribution >= 0.6 is 0 Å². The van der Waals surface area contributed by atoms with Crippen molar-refractivity contribution in [3.8, 4) is 11.1 Å². The Morgan fingerprint density at radius 2 is 1.96 bits per heavy atom. The molecular weight excluding hydrogens is 300 g/mol. The monoisotopic (exact) mass is 326 g/mol. The van der Waals surface area contributed by atoms with Crippen LogP contribution in [-0.2, 0) is 16.7 Å². The number of hydrogen-bond donors (Lipinski definition) is 1. The van der Waals surface area contributed by atoms with E-state index in [1.54, 1.807) is 0 Å². The molecule has 0 atom stereocenters. The van der Waals surface area contributed by atoms with Gasteiger partial charge in [0.05, 0.1) is 7.11 Å². The first-order valence-corrected chi connectivity index (χ1v) is 8.75. The number of methoxy groups -OCH3 is 1. The molecule has 128 valence electrons. The number of nitrogens with two attached hydrogens (primary N) is 1. The summed E-state index contributed by atoms with van der Waals surface area (Å²) in [5.41, 5.74) is 11.0. The highest BCUT2D eigenvalue weighted by atomic mass is 16.5. The number of esters is 1. The normalized spacial score (nSPS) is 15.8. The quantitative estimate of drug-likeness (QED) is 0.670. The number of aromatic nitrogens is 1. The fourth-order valence-electron chi connectivity index (χ4n) is 4.21. The van der Waals surface area contributed by atoms with E-state index in [2.05, 4.69) is 18.4 Å². The summed E-state index contributed by atoms with van der Waals surface area (Å²) < 4.78 is 7.20. The molecule has 0 amide bonds. The fourth-order valence-corrected chi connectivity index (χ4v) is 4.21. The standard InChI is InChI=1S/C20H26N2O2/c1-4-20(5-2)11-8-12-22-17(19(23)24-3)13-15(18(20)22)14-9-6-7-10-16(14)21/h6-7,9-10,13H,4-5,8,11-12,21H2,1-3H3. The number of ether oxygens (including phenoxy) is 1. The third-order valence-corrected chi connectivity index (χ3v) is 5.64. The van der Waals surface area contributed by atoms with Gasteiger partial charge in [0.2, 0.25) is 0 Å². The van der Waals surface area contributed by atoms with Gasteiger partial charge >= 0.3 is 5.97 Å². The fraction of sp³-hybridized carbons (Fsp3) is 0.450. The molecule has 0 spiro atoms. The first-order chi connectivity index (χ1) is 11.6. The highest BCUT2D eigenvalue weighted by molar-refractivity contribution is 5.92. The SMILES string of the molecule is CCC1(CC)CCCn2c(C(=O)OC)cc(-c3ccccc3N)c21. The van der Waals surface area contributed by atoms with Gasteiger partial charge in [0, 0.05) is 34.5 Å². The van der Waals surface area contributed by atoms with Gasteiger partial charge in [-0.2, -0.15) is 0 Å². The second-order valence-electron chi connectivity index (χ2n) is 6.61. The van der Waals surface area contributed by atoms with Gasteiger partial charge < -0.3 is 15.0 Å². The summed E-state index contributed by atoms with van der Waals surface area (Å²) >= 11 is 0. The van der Waals surface area contributed by atoms with E-state index in [4.69, 9.17) is 10.5 Å². The third kappa shape index (κ3) is 2.41. The molecule has 4 nitrogen and oxygen atoms in total. The maximum Gasteiger partial charge on any atom is 0.354 e. The van der Waals surface area contributed by atoms with E-state index in [0.29, 0.717) is 5.69 Å². The van der Waals surface area contributed by atoms with Gasteiger partial charge in [0.25, 0.3) is 0 Å². The molecular formula is C20H26N2O2. The van der Waals surface area contributed by atoms with Crippen LogP contribution in [0.3, 0.4) is 0 Å². The van der Waals surface area contributed by atoms with Crippen molar-refractivity contribution in [2.45, 2.75) is 51.5 Å². The van der Waals surface area contributed by atoms with E-state index in [0.717, 1.165) is 49.0 Å². The Hall–Kier alpha value is -2.23. The molecule has 0 unspecified atom stereocenters. The van der Waals surface area contributed by atoms with Crippen molar-refractivity contribution in [3.05, 3.63) is 41.7 Å². The van der Waals surface area contributed by atoms with Crippen LogP contribution in [-0.4, -0.2) is 17.6 Å². The molecule has 2 N–H and O–H groups in total. The van der Waals surface area contributed by atoms with Crippen molar-refractivity contribution >= 4 is 11.7 Å². The van der Waals surface area contributed by atoms with E-state index < -0.39 is 0 Å². The molecule has 0 bridgehead atoms. The molecule has 0 radical (unpaired) electrons. The first kappa shape index (κ1) is 16.6. The smallest absolute Gasteiger partial charge is 0.354 e. The summed E-state index contributed by atoms with van der Waals surface area (Å²) in [6.45, 7) is 5.33.